The molecule has 3 rings (SSSR count). The largest absolute Gasteiger partial charge is 0.480 e. The summed E-state index contributed by atoms with van der Waals surface area (Å²) in [6.07, 6.45) is 1.18. The van der Waals surface area contributed by atoms with Crippen molar-refractivity contribution in [2.75, 3.05) is 13.2 Å². The zero-order chi connectivity index (χ0) is 25.4. The first-order valence-corrected chi connectivity index (χ1v) is 12.2. The average molecular weight is 482 g/mol. The first-order chi connectivity index (χ1) is 16.8. The number of carboxylic acids is 1. The fourth-order valence-corrected chi connectivity index (χ4v) is 4.51. The molecular weight excluding hydrogens is 446 g/mol. The molecule has 8 nitrogen and oxygen atoms in total. The maximum atomic E-state index is 12.9. The molecule has 0 unspecified atom stereocenters. The summed E-state index contributed by atoms with van der Waals surface area (Å²) in [5.74, 6) is -1.64. The summed E-state index contributed by atoms with van der Waals surface area (Å²) in [6, 6.07) is 14.2. The lowest BCUT2D eigenvalue weighted by atomic mass is 9.98. The van der Waals surface area contributed by atoms with Crippen LogP contribution >= 0.6 is 0 Å². The summed E-state index contributed by atoms with van der Waals surface area (Å²) in [7, 11) is 0. The van der Waals surface area contributed by atoms with Crippen LogP contribution in [-0.2, 0) is 14.3 Å². The third-order valence-electron chi connectivity index (χ3n) is 6.22. The van der Waals surface area contributed by atoms with Crippen LogP contribution in [-0.4, -0.2) is 48.3 Å². The molecule has 188 valence electrons. The van der Waals surface area contributed by atoms with Gasteiger partial charge >= 0.3 is 12.1 Å². The Balaban J connectivity index is 1.64. The first-order valence-electron chi connectivity index (χ1n) is 12.2. The van der Waals surface area contributed by atoms with E-state index in [2.05, 4.69) is 22.8 Å². The SMILES string of the molecule is CC(C)C[C@@H](NC(=O)OCC1c2ccccc2-c2ccccc21)C(=O)N[C@H](CCCCN)C(=O)O. The molecule has 8 heteroatoms. The number of unbranched alkanes of at least 4 members (excludes halogenated alkanes) is 1. The van der Waals surface area contributed by atoms with Gasteiger partial charge in [0.25, 0.3) is 0 Å². The predicted molar refractivity (Wildman–Crippen MR) is 134 cm³/mol. The van der Waals surface area contributed by atoms with Gasteiger partial charge in [-0.3, -0.25) is 4.79 Å². The molecule has 0 saturated carbocycles. The number of amides is 2. The van der Waals surface area contributed by atoms with Crippen LogP contribution in [0.25, 0.3) is 11.1 Å². The molecule has 1 aliphatic rings. The van der Waals surface area contributed by atoms with Crippen LogP contribution in [0.3, 0.4) is 0 Å². The lowest BCUT2D eigenvalue weighted by Crippen LogP contribution is -2.52. The Hall–Kier alpha value is -3.39. The van der Waals surface area contributed by atoms with E-state index in [-0.39, 0.29) is 24.9 Å². The van der Waals surface area contributed by atoms with E-state index in [1.54, 1.807) is 0 Å². The highest BCUT2D eigenvalue weighted by Gasteiger charge is 2.31. The van der Waals surface area contributed by atoms with Crippen LogP contribution in [0.4, 0.5) is 4.79 Å². The van der Waals surface area contributed by atoms with Gasteiger partial charge in [0.1, 0.15) is 18.7 Å². The number of carbonyl (C=O) groups excluding carboxylic acids is 2. The van der Waals surface area contributed by atoms with Gasteiger partial charge in [-0.25, -0.2) is 9.59 Å². The summed E-state index contributed by atoms with van der Waals surface area (Å²) >= 11 is 0. The molecule has 0 bridgehead atoms. The smallest absolute Gasteiger partial charge is 0.407 e. The van der Waals surface area contributed by atoms with E-state index in [9.17, 15) is 19.5 Å². The highest BCUT2D eigenvalue weighted by atomic mass is 16.5. The Morgan fingerprint density at radius 2 is 1.54 bits per heavy atom. The Kier molecular flexibility index (Phi) is 9.25. The summed E-state index contributed by atoms with van der Waals surface area (Å²) in [5.41, 5.74) is 9.93. The van der Waals surface area contributed by atoms with Crippen molar-refractivity contribution in [1.29, 1.82) is 0 Å². The number of carboxylic acid groups (broad SMARTS) is 1. The number of hydrogen-bond acceptors (Lipinski definition) is 5. The van der Waals surface area contributed by atoms with Crippen molar-refractivity contribution in [2.24, 2.45) is 11.7 Å². The molecule has 2 aromatic carbocycles. The van der Waals surface area contributed by atoms with Crippen molar-refractivity contribution in [3.63, 3.8) is 0 Å². The van der Waals surface area contributed by atoms with Crippen LogP contribution in [0.2, 0.25) is 0 Å². The molecule has 2 amide bonds. The number of carbonyl (C=O) groups is 3. The highest BCUT2D eigenvalue weighted by Crippen LogP contribution is 2.44. The second kappa shape index (κ2) is 12.4. The van der Waals surface area contributed by atoms with E-state index >= 15 is 0 Å². The fraction of sp³-hybridized carbons (Fsp3) is 0.444. The summed E-state index contributed by atoms with van der Waals surface area (Å²) < 4.78 is 5.57. The molecule has 0 heterocycles. The Bertz CT molecular complexity index is 993. The van der Waals surface area contributed by atoms with Gasteiger partial charge < -0.3 is 26.2 Å². The van der Waals surface area contributed by atoms with E-state index in [1.807, 2.05) is 50.2 Å². The topological polar surface area (TPSA) is 131 Å². The molecule has 1 aliphatic carbocycles. The van der Waals surface area contributed by atoms with Gasteiger partial charge in [-0.1, -0.05) is 62.4 Å². The van der Waals surface area contributed by atoms with Crippen molar-refractivity contribution >= 4 is 18.0 Å². The second-order valence-corrected chi connectivity index (χ2v) is 9.34. The van der Waals surface area contributed by atoms with Crippen LogP contribution in [0.15, 0.2) is 48.5 Å². The van der Waals surface area contributed by atoms with E-state index in [0.717, 1.165) is 22.3 Å². The van der Waals surface area contributed by atoms with E-state index in [4.69, 9.17) is 10.5 Å². The van der Waals surface area contributed by atoms with Gasteiger partial charge in [-0.15, -0.1) is 0 Å². The Labute approximate surface area is 206 Å². The molecule has 35 heavy (non-hydrogen) atoms. The monoisotopic (exact) mass is 481 g/mol. The molecule has 0 spiro atoms. The van der Waals surface area contributed by atoms with Crippen molar-refractivity contribution in [3.05, 3.63) is 59.7 Å². The number of fused-ring (bicyclic) bond motifs is 3. The van der Waals surface area contributed by atoms with Gasteiger partial charge in [-0.2, -0.15) is 0 Å². The minimum Gasteiger partial charge on any atom is -0.480 e. The lowest BCUT2D eigenvalue weighted by Gasteiger charge is -2.23. The van der Waals surface area contributed by atoms with Gasteiger partial charge in [-0.05, 0) is 60.4 Å². The van der Waals surface area contributed by atoms with Gasteiger partial charge in [0.15, 0.2) is 0 Å². The van der Waals surface area contributed by atoms with Gasteiger partial charge in [0, 0.05) is 5.92 Å². The molecule has 0 radical (unpaired) electrons. The van der Waals surface area contributed by atoms with E-state index in [1.165, 1.54) is 0 Å². The molecule has 0 fully saturated rings. The molecular formula is C27H35N3O5. The lowest BCUT2D eigenvalue weighted by molar-refractivity contribution is -0.142. The third kappa shape index (κ3) is 6.82. The van der Waals surface area contributed by atoms with Crippen LogP contribution < -0.4 is 16.4 Å². The number of hydrogen-bond donors (Lipinski definition) is 4. The Morgan fingerprint density at radius 3 is 2.09 bits per heavy atom. The molecule has 5 N–H and O–H groups in total. The van der Waals surface area contributed by atoms with Crippen LogP contribution in [0, 0.1) is 5.92 Å². The first kappa shape index (κ1) is 26.2. The molecule has 0 aliphatic heterocycles. The van der Waals surface area contributed by atoms with Crippen molar-refractivity contribution in [2.45, 2.75) is 57.5 Å². The maximum Gasteiger partial charge on any atom is 0.407 e. The minimum absolute atomic E-state index is 0.0931. The standard InChI is InChI=1S/C27H35N3O5/c1-17(2)15-24(25(31)29-23(26(32)33)13-7-8-14-28)30-27(34)35-16-22-20-11-5-3-9-18(20)19-10-4-6-12-21(19)22/h3-6,9-12,17,22-24H,7-8,13-16,28H2,1-2H3,(H,29,31)(H,30,34)(H,32,33)/t23-,24-/m1/s1. The molecule has 2 aromatic rings. The van der Waals surface area contributed by atoms with Crippen molar-refractivity contribution in [3.8, 4) is 11.1 Å². The van der Waals surface area contributed by atoms with Gasteiger partial charge in [0.2, 0.25) is 5.91 Å². The number of rotatable bonds is 12. The Morgan fingerprint density at radius 1 is 0.943 bits per heavy atom. The number of nitrogens with one attached hydrogen (secondary N) is 2. The summed E-state index contributed by atoms with van der Waals surface area (Å²) in [6.45, 7) is 4.44. The average Bonchev–Trinajstić information content (AvgIpc) is 3.15. The predicted octanol–water partition coefficient (Wildman–Crippen LogP) is 3.64. The summed E-state index contributed by atoms with van der Waals surface area (Å²) in [5, 5.41) is 14.7. The molecule has 2 atom stereocenters. The maximum absolute atomic E-state index is 12.9. The second-order valence-electron chi connectivity index (χ2n) is 9.34. The quantitative estimate of drug-likeness (QED) is 0.342. The van der Waals surface area contributed by atoms with E-state index in [0.29, 0.717) is 25.8 Å². The van der Waals surface area contributed by atoms with E-state index < -0.39 is 30.1 Å². The highest BCUT2D eigenvalue weighted by molar-refractivity contribution is 5.89. The number of aliphatic carboxylic acids is 1. The number of nitrogens with two attached hydrogens (primary N) is 1. The zero-order valence-corrected chi connectivity index (χ0v) is 20.3. The number of ether oxygens (including phenoxy) is 1. The number of benzene rings is 2. The number of alkyl carbamates (subject to hydrolysis) is 1. The van der Waals surface area contributed by atoms with Crippen LogP contribution in [0.1, 0.15) is 56.6 Å². The molecule has 0 aromatic heterocycles. The summed E-state index contributed by atoms with van der Waals surface area (Å²) in [4.78, 5) is 37.2. The van der Waals surface area contributed by atoms with Crippen LogP contribution in [0.5, 0.6) is 0 Å². The van der Waals surface area contributed by atoms with Crippen molar-refractivity contribution < 1.29 is 24.2 Å². The minimum atomic E-state index is -1.11. The third-order valence-corrected chi connectivity index (χ3v) is 6.22. The normalized spacial score (nSPS) is 14.1. The van der Waals surface area contributed by atoms with Crippen molar-refractivity contribution in [1.82, 2.24) is 10.6 Å². The fourth-order valence-electron chi connectivity index (χ4n) is 4.51. The van der Waals surface area contributed by atoms with Gasteiger partial charge in [0.05, 0.1) is 0 Å². The zero-order valence-electron chi connectivity index (χ0n) is 20.3. The molecule has 0 saturated heterocycles.